The second-order valence-corrected chi connectivity index (χ2v) is 12.4. The first-order valence-electron chi connectivity index (χ1n) is 15.6. The minimum Gasteiger partial charge on any atom is -0.497 e. The molecule has 2 N–H and O–H groups in total. The number of piperidine rings is 1. The van der Waals surface area contributed by atoms with Crippen molar-refractivity contribution in [1.82, 2.24) is 19.5 Å². The Bertz CT molecular complexity index is 1470. The Morgan fingerprint density at radius 1 is 1.12 bits per heavy atom. The normalized spacial score (nSPS) is 23.6. The maximum absolute atomic E-state index is 12.1. The van der Waals surface area contributed by atoms with Crippen LogP contribution in [0.15, 0.2) is 24.3 Å². The van der Waals surface area contributed by atoms with Crippen LogP contribution in [0.1, 0.15) is 93.4 Å². The predicted octanol–water partition coefficient (Wildman–Crippen LogP) is 6.30. The third-order valence-corrected chi connectivity index (χ3v) is 9.76. The number of aromatic carboxylic acids is 1. The van der Waals surface area contributed by atoms with Gasteiger partial charge < -0.3 is 24.6 Å². The zero-order chi connectivity index (χ0) is 29.2. The lowest BCUT2D eigenvalue weighted by Crippen LogP contribution is -2.36. The van der Waals surface area contributed by atoms with Gasteiger partial charge in [0.25, 0.3) is 0 Å². The number of anilines is 2. The molecule has 1 saturated heterocycles. The monoisotopic (exact) mass is 570 g/mol. The molecule has 1 unspecified atom stereocenters. The molecule has 1 aromatic carbocycles. The Labute approximate surface area is 248 Å². The maximum Gasteiger partial charge on any atom is 0.374 e. The van der Waals surface area contributed by atoms with Crippen molar-refractivity contribution in [2.75, 3.05) is 23.9 Å². The molecule has 1 aliphatic heterocycles. The van der Waals surface area contributed by atoms with Crippen LogP contribution < -0.4 is 15.0 Å². The lowest BCUT2D eigenvalue weighted by Gasteiger charge is -2.38. The minimum absolute atomic E-state index is 0.124. The van der Waals surface area contributed by atoms with Gasteiger partial charge in [0.2, 0.25) is 11.8 Å². The molecule has 9 heteroatoms. The van der Waals surface area contributed by atoms with E-state index in [1.54, 1.807) is 7.11 Å². The van der Waals surface area contributed by atoms with Gasteiger partial charge in [0.05, 0.1) is 13.2 Å². The first-order valence-corrected chi connectivity index (χ1v) is 15.6. The van der Waals surface area contributed by atoms with E-state index in [1.165, 1.54) is 24.8 Å². The quantitative estimate of drug-likeness (QED) is 0.289. The fourth-order valence-electron chi connectivity index (χ4n) is 7.02. The van der Waals surface area contributed by atoms with Gasteiger partial charge in [-0.15, -0.1) is 12.3 Å². The van der Waals surface area contributed by atoms with Gasteiger partial charge in [0.15, 0.2) is 11.5 Å². The van der Waals surface area contributed by atoms with Crippen molar-refractivity contribution in [3.63, 3.8) is 0 Å². The van der Waals surface area contributed by atoms with Crippen LogP contribution in [0, 0.1) is 30.1 Å². The van der Waals surface area contributed by atoms with Crippen LogP contribution >= 0.6 is 0 Å². The highest BCUT2D eigenvalue weighted by atomic mass is 16.5. The van der Waals surface area contributed by atoms with Gasteiger partial charge >= 0.3 is 5.97 Å². The summed E-state index contributed by atoms with van der Waals surface area (Å²) in [5, 5.41) is 13.5. The summed E-state index contributed by atoms with van der Waals surface area (Å²) < 4.78 is 7.85. The molecule has 3 heterocycles. The number of ether oxygens (including phenoxy) is 1. The second kappa shape index (κ2) is 12.2. The number of benzene rings is 1. The Kier molecular flexibility index (Phi) is 8.23. The number of aromatic nitrogens is 4. The van der Waals surface area contributed by atoms with Gasteiger partial charge in [-0.25, -0.2) is 14.8 Å². The molecule has 222 valence electrons. The number of nitrogens with zero attached hydrogens (tertiary/aromatic N) is 5. The molecule has 6 rings (SSSR count). The number of imidazole rings is 1. The predicted molar refractivity (Wildman–Crippen MR) is 164 cm³/mol. The van der Waals surface area contributed by atoms with Crippen LogP contribution in [0.4, 0.5) is 11.8 Å². The number of fused-ring (bicyclic) bond motifs is 1. The standard InChI is InChI=1S/C33H42N6O3/c1-4-22-14-16-23(17-15-22)20-39-28-29(34-21(2)24-9-7-10-24)35-31(32(40)41)36-30(28)37-33(39)38-18-6-5-13-27(38)25-11-8-12-26(19-25)42-3/h1,8,11-12,19,21-24,27H,5-7,9-10,13-18,20H2,2-3H3,(H,40,41)(H,34,35,36)/t21-,22?,23?,27?/m1/s1. The molecule has 0 amide bonds. The highest BCUT2D eigenvalue weighted by Gasteiger charge is 2.33. The molecule has 2 aliphatic carbocycles. The number of carboxylic acid groups (broad SMARTS) is 1. The topological polar surface area (TPSA) is 105 Å². The molecular weight excluding hydrogens is 528 g/mol. The van der Waals surface area contributed by atoms with Crippen LogP contribution in [-0.2, 0) is 6.54 Å². The number of nitrogens with one attached hydrogen (secondary N) is 1. The Morgan fingerprint density at radius 3 is 2.62 bits per heavy atom. The highest BCUT2D eigenvalue weighted by Crippen LogP contribution is 2.40. The summed E-state index contributed by atoms with van der Waals surface area (Å²) in [4.78, 5) is 28.7. The van der Waals surface area contributed by atoms with E-state index in [0.29, 0.717) is 29.2 Å². The fraction of sp³-hybridized carbons (Fsp3) is 0.576. The van der Waals surface area contributed by atoms with Gasteiger partial charge in [0.1, 0.15) is 11.3 Å². The van der Waals surface area contributed by atoms with Crippen LogP contribution in [0.2, 0.25) is 0 Å². The molecule has 2 saturated carbocycles. The lowest BCUT2D eigenvalue weighted by atomic mass is 9.80. The Balaban J connectivity index is 1.47. The first kappa shape index (κ1) is 28.3. The zero-order valence-electron chi connectivity index (χ0n) is 24.8. The maximum atomic E-state index is 12.1. The van der Waals surface area contributed by atoms with Crippen LogP contribution in [-0.4, -0.2) is 50.3 Å². The average molecular weight is 571 g/mol. The van der Waals surface area contributed by atoms with Crippen LogP contribution in [0.5, 0.6) is 5.75 Å². The molecule has 0 bridgehead atoms. The summed E-state index contributed by atoms with van der Waals surface area (Å²) in [6.07, 6.45) is 16.7. The number of carbonyl (C=O) groups is 1. The summed E-state index contributed by atoms with van der Waals surface area (Å²) in [5.41, 5.74) is 2.43. The smallest absolute Gasteiger partial charge is 0.374 e. The summed E-state index contributed by atoms with van der Waals surface area (Å²) in [6, 6.07) is 8.60. The van der Waals surface area contributed by atoms with E-state index in [2.05, 4.69) is 49.7 Å². The molecule has 2 aromatic heterocycles. The zero-order valence-corrected chi connectivity index (χ0v) is 24.8. The van der Waals surface area contributed by atoms with Crippen molar-refractivity contribution in [3.05, 3.63) is 35.7 Å². The van der Waals surface area contributed by atoms with E-state index in [1.807, 2.05) is 12.1 Å². The van der Waals surface area contributed by atoms with Crippen molar-refractivity contribution in [2.45, 2.75) is 89.8 Å². The van der Waals surface area contributed by atoms with Gasteiger partial charge in [-0.1, -0.05) is 18.6 Å². The molecule has 0 radical (unpaired) electrons. The van der Waals surface area contributed by atoms with Crippen molar-refractivity contribution in [1.29, 1.82) is 0 Å². The third kappa shape index (κ3) is 5.64. The van der Waals surface area contributed by atoms with E-state index in [0.717, 1.165) is 75.2 Å². The number of rotatable bonds is 9. The van der Waals surface area contributed by atoms with Gasteiger partial charge in [-0.2, -0.15) is 4.98 Å². The SMILES string of the molecule is C#CC1CCC(Cn2c(N3CCCCC3c3cccc(OC)c3)nc3nc(C(=O)O)nc(N[C@H](C)C4CCC4)c32)CC1. The summed E-state index contributed by atoms with van der Waals surface area (Å²) in [6.45, 7) is 3.80. The van der Waals surface area contributed by atoms with E-state index < -0.39 is 5.97 Å². The van der Waals surface area contributed by atoms with Crippen molar-refractivity contribution in [3.8, 4) is 18.1 Å². The number of hydrogen-bond donors (Lipinski definition) is 2. The van der Waals surface area contributed by atoms with Crippen LogP contribution in [0.3, 0.4) is 0 Å². The van der Waals surface area contributed by atoms with E-state index in [4.69, 9.17) is 16.1 Å². The molecule has 42 heavy (non-hydrogen) atoms. The van der Waals surface area contributed by atoms with Crippen molar-refractivity contribution in [2.24, 2.45) is 17.8 Å². The Morgan fingerprint density at radius 2 is 1.93 bits per heavy atom. The van der Waals surface area contributed by atoms with Crippen molar-refractivity contribution >= 4 is 28.9 Å². The summed E-state index contributed by atoms with van der Waals surface area (Å²) >= 11 is 0. The van der Waals surface area contributed by atoms with E-state index in [-0.39, 0.29) is 17.9 Å². The van der Waals surface area contributed by atoms with E-state index in [9.17, 15) is 9.90 Å². The van der Waals surface area contributed by atoms with Crippen LogP contribution in [0.25, 0.3) is 11.2 Å². The number of carboxylic acids is 1. The molecule has 3 fully saturated rings. The first-order chi connectivity index (χ1) is 20.4. The van der Waals surface area contributed by atoms with Gasteiger partial charge in [0, 0.05) is 25.0 Å². The molecule has 0 spiro atoms. The lowest BCUT2D eigenvalue weighted by molar-refractivity contribution is 0.0684. The molecular formula is C33H42N6O3. The Hall–Kier alpha value is -3.80. The molecule has 9 nitrogen and oxygen atoms in total. The average Bonchev–Trinajstić information content (AvgIpc) is 3.34. The number of methoxy groups -OCH3 is 1. The molecule has 3 aliphatic rings. The van der Waals surface area contributed by atoms with Gasteiger partial charge in [-0.05, 0) is 94.2 Å². The van der Waals surface area contributed by atoms with E-state index >= 15 is 0 Å². The van der Waals surface area contributed by atoms with Crippen molar-refractivity contribution < 1.29 is 14.6 Å². The second-order valence-electron chi connectivity index (χ2n) is 12.4. The summed E-state index contributed by atoms with van der Waals surface area (Å²) in [7, 11) is 1.70. The molecule has 2 atom stereocenters. The van der Waals surface area contributed by atoms with Gasteiger partial charge in [-0.3, -0.25) is 0 Å². The number of hydrogen-bond acceptors (Lipinski definition) is 7. The molecule has 3 aromatic rings. The number of terminal acetylenes is 1. The highest BCUT2D eigenvalue weighted by molar-refractivity contribution is 5.91. The largest absolute Gasteiger partial charge is 0.497 e. The minimum atomic E-state index is -1.15. The summed E-state index contributed by atoms with van der Waals surface area (Å²) in [5.74, 6) is 5.19. The fourth-order valence-corrected chi connectivity index (χ4v) is 7.02. The third-order valence-electron chi connectivity index (χ3n) is 9.76.